The van der Waals surface area contributed by atoms with E-state index in [0.717, 1.165) is 109 Å². The summed E-state index contributed by atoms with van der Waals surface area (Å²) in [7, 11) is 0. The van der Waals surface area contributed by atoms with Gasteiger partial charge in [0.2, 0.25) is 23.7 Å². The van der Waals surface area contributed by atoms with Gasteiger partial charge in [0.1, 0.15) is 5.60 Å². The number of aromatic nitrogens is 6. The Morgan fingerprint density at radius 3 is 1.50 bits per heavy atom. The summed E-state index contributed by atoms with van der Waals surface area (Å²) in [5.41, 5.74) is 14.1. The van der Waals surface area contributed by atoms with Crippen molar-refractivity contribution in [2.45, 2.75) is 77.2 Å². The molecule has 10 rings (SSSR count). The number of rotatable bonds is 17. The van der Waals surface area contributed by atoms with Crippen LogP contribution in [-0.2, 0) is 27.4 Å². The molecule has 0 radical (unpaired) electrons. The molecule has 6 heterocycles. The highest BCUT2D eigenvalue weighted by atomic mass is 35.5. The number of ether oxygens (including phenoxy) is 1. The minimum atomic E-state index is -0.566. The Kier molecular flexibility index (Phi) is 21.1. The predicted octanol–water partition coefficient (Wildman–Crippen LogP) is 11.6. The zero-order valence-electron chi connectivity index (χ0n) is 46.1. The zero-order valence-corrected chi connectivity index (χ0v) is 48.4. The van der Waals surface area contributed by atoms with Crippen molar-refractivity contribution in [3.05, 3.63) is 167 Å². The van der Waals surface area contributed by atoms with E-state index >= 15 is 0 Å². The summed E-state index contributed by atoms with van der Waals surface area (Å²) in [6, 6.07) is 32.6. The molecule has 82 heavy (non-hydrogen) atoms. The first-order valence-corrected chi connectivity index (χ1v) is 27.9. The highest BCUT2D eigenvalue weighted by molar-refractivity contribution is 6.33. The van der Waals surface area contributed by atoms with Crippen LogP contribution in [0.5, 0.6) is 0 Å². The molecular weight excluding hydrogens is 1100 g/mol. The van der Waals surface area contributed by atoms with Crippen LogP contribution < -0.4 is 32.3 Å². The number of hydrogen-bond donors (Lipinski definition) is 8. The van der Waals surface area contributed by atoms with E-state index < -0.39 is 11.7 Å². The molecule has 428 valence electrons. The lowest BCUT2D eigenvalue weighted by molar-refractivity contribution is -0.112. The largest absolute Gasteiger partial charge is 0.444 e. The first-order chi connectivity index (χ1) is 39.2. The molecule has 0 spiro atoms. The third-order valence-electron chi connectivity index (χ3n) is 13.7. The number of fused-ring (bicyclic) bond motifs is 2. The minimum absolute atomic E-state index is 0. The van der Waals surface area contributed by atoms with Crippen LogP contribution in [0.1, 0.15) is 57.6 Å². The Morgan fingerprint density at radius 1 is 0.646 bits per heavy atom. The van der Waals surface area contributed by atoms with Gasteiger partial charge in [-0.15, -0.1) is 12.4 Å². The first-order valence-electron chi connectivity index (χ1n) is 27.2. The number of nitrogens with two attached hydrogens (primary N) is 1. The molecule has 18 nitrogen and oxygen atoms in total. The number of carbonyl (C=O) groups is 3. The number of likely N-dealkylation sites (tertiary alicyclic amines) is 2. The lowest BCUT2D eigenvalue weighted by Crippen LogP contribution is -2.39. The molecule has 8 aromatic rings. The molecule has 0 saturated carbocycles. The lowest BCUT2D eigenvalue weighted by atomic mass is 10.0. The second-order valence-electron chi connectivity index (χ2n) is 21.0. The number of anilines is 4. The molecule has 2 fully saturated rings. The van der Waals surface area contributed by atoms with Crippen LogP contribution in [0.25, 0.3) is 44.3 Å². The molecule has 0 bridgehead atoms. The molecule has 2 aliphatic rings. The minimum Gasteiger partial charge on any atom is -0.444 e. The standard InChI is InChI=1S/C33H38ClN7O3.C28H30ClN7O.ClH/c1-33(2,3)44-32(43)35-16-6-9-29(42)38-23-12-10-22(11-13-23)21-41-17-14-24(15-18-41)39-31-37-20-27(34)30(40-31)26-19-36-28-8-5-4-7-25(26)28;29-24-17-32-28(35-27(24)23-16-31-25-5-2-1-4-22(23)25)34-21-11-14-36(15-12-21)18-19-7-9-20(10-8-19)33-26(37)6-3-13-30;/h4-13,19-20,24,36H,14-18,21H2,1-3H3,(H,35,43)(H,38,42)(H,37,39,40);1-10,16-17,21,31H,11-15,18,30H2,(H,33,37)(H,32,34,35);1H/b9-6+;6-3+;. The molecule has 4 aromatic carbocycles. The molecule has 0 atom stereocenters. The van der Waals surface area contributed by atoms with E-state index in [1.165, 1.54) is 23.3 Å². The Balaban J connectivity index is 0.000000215. The van der Waals surface area contributed by atoms with E-state index in [0.29, 0.717) is 45.9 Å². The first kappa shape index (κ1) is 60.3. The molecule has 2 saturated heterocycles. The van der Waals surface area contributed by atoms with Crippen LogP contribution >= 0.6 is 35.6 Å². The number of amides is 3. The van der Waals surface area contributed by atoms with E-state index in [9.17, 15) is 14.4 Å². The maximum Gasteiger partial charge on any atom is 0.407 e. The van der Waals surface area contributed by atoms with Crippen molar-refractivity contribution in [1.29, 1.82) is 0 Å². The van der Waals surface area contributed by atoms with Gasteiger partial charge in [-0.2, -0.15) is 0 Å². The van der Waals surface area contributed by atoms with Gasteiger partial charge in [-0.3, -0.25) is 19.4 Å². The molecule has 9 N–H and O–H groups in total. The van der Waals surface area contributed by atoms with Crippen molar-refractivity contribution in [2.24, 2.45) is 5.73 Å². The van der Waals surface area contributed by atoms with E-state index in [2.05, 4.69) is 80.6 Å². The van der Waals surface area contributed by atoms with Gasteiger partial charge in [0, 0.05) is 133 Å². The summed E-state index contributed by atoms with van der Waals surface area (Å²) in [6.45, 7) is 11.5. The Morgan fingerprint density at radius 2 is 1.07 bits per heavy atom. The Hall–Kier alpha value is -7.84. The van der Waals surface area contributed by atoms with E-state index in [1.54, 1.807) is 45.3 Å². The third kappa shape index (κ3) is 17.1. The van der Waals surface area contributed by atoms with Crippen LogP contribution in [0.2, 0.25) is 10.0 Å². The summed E-state index contributed by atoms with van der Waals surface area (Å²) in [4.78, 5) is 65.5. The van der Waals surface area contributed by atoms with Gasteiger partial charge in [0.15, 0.2) is 0 Å². The maximum absolute atomic E-state index is 12.2. The molecule has 0 aliphatic carbocycles. The Bertz CT molecular complexity index is 3470. The number of hydrogen-bond acceptors (Lipinski definition) is 13. The van der Waals surface area contributed by atoms with Gasteiger partial charge in [0.05, 0.1) is 33.8 Å². The normalized spacial score (nSPS) is 14.5. The van der Waals surface area contributed by atoms with Gasteiger partial charge in [-0.1, -0.05) is 96.0 Å². The average Bonchev–Trinajstić information content (AvgIpc) is 4.24. The van der Waals surface area contributed by atoms with Gasteiger partial charge in [0.25, 0.3) is 0 Å². The van der Waals surface area contributed by atoms with Gasteiger partial charge >= 0.3 is 6.09 Å². The van der Waals surface area contributed by atoms with Crippen molar-refractivity contribution >= 4 is 98.6 Å². The molecular formula is C61H69Cl3N14O4. The van der Waals surface area contributed by atoms with E-state index in [1.807, 2.05) is 85.2 Å². The van der Waals surface area contributed by atoms with Crippen LogP contribution in [0.3, 0.4) is 0 Å². The SMILES string of the molecule is CC(C)(C)OC(=O)NC/C=C/C(=O)Nc1ccc(CN2CCC(Nc3ncc(Cl)c(-c4c[nH]c5ccccc45)n3)CC2)cc1.Cl.NC/C=C/C(=O)Nc1ccc(CN2CCC(Nc3ncc(Cl)c(-c4c[nH]c5ccccc45)n3)CC2)cc1. The fourth-order valence-corrected chi connectivity index (χ4v) is 10.1. The topological polar surface area (TPSA) is 236 Å². The fraction of sp³-hybridized carbons (Fsp3) is 0.295. The maximum atomic E-state index is 12.2. The summed E-state index contributed by atoms with van der Waals surface area (Å²) in [6.07, 6.45) is 16.7. The second-order valence-corrected chi connectivity index (χ2v) is 21.8. The number of H-pyrrole nitrogens is 2. The van der Waals surface area contributed by atoms with Gasteiger partial charge in [-0.05, 0) is 94.0 Å². The van der Waals surface area contributed by atoms with Crippen LogP contribution in [0.4, 0.5) is 28.1 Å². The van der Waals surface area contributed by atoms with E-state index in [-0.39, 0.29) is 36.8 Å². The lowest BCUT2D eigenvalue weighted by Gasteiger charge is -2.32. The number of para-hydroxylation sites is 2. The second kappa shape index (κ2) is 28.7. The summed E-state index contributed by atoms with van der Waals surface area (Å²) in [5.74, 6) is 0.740. The summed E-state index contributed by atoms with van der Waals surface area (Å²) >= 11 is 13.0. The number of alkyl carbamates (subject to hydrolysis) is 1. The van der Waals surface area contributed by atoms with Crippen LogP contribution in [-0.4, -0.2) is 115 Å². The third-order valence-corrected chi connectivity index (χ3v) is 14.3. The molecule has 21 heteroatoms. The highest BCUT2D eigenvalue weighted by Gasteiger charge is 2.23. The van der Waals surface area contributed by atoms with Crippen molar-refractivity contribution in [3.8, 4) is 22.5 Å². The van der Waals surface area contributed by atoms with Crippen molar-refractivity contribution in [1.82, 2.24) is 45.0 Å². The predicted molar refractivity (Wildman–Crippen MR) is 331 cm³/mol. The van der Waals surface area contributed by atoms with Gasteiger partial charge < -0.3 is 47.0 Å². The molecule has 3 amide bonds. The number of carbonyl (C=O) groups excluding carboxylic acids is 3. The summed E-state index contributed by atoms with van der Waals surface area (Å²) in [5, 5.41) is 18.5. The summed E-state index contributed by atoms with van der Waals surface area (Å²) < 4.78 is 5.16. The van der Waals surface area contributed by atoms with Crippen LogP contribution in [0, 0.1) is 0 Å². The number of nitrogens with zero attached hydrogens (tertiary/aromatic N) is 6. The van der Waals surface area contributed by atoms with Crippen LogP contribution in [0.15, 0.2) is 146 Å². The van der Waals surface area contributed by atoms with E-state index in [4.69, 9.17) is 43.6 Å². The molecule has 2 aliphatic heterocycles. The quantitative estimate of drug-likeness (QED) is 0.0397. The fourth-order valence-electron chi connectivity index (χ4n) is 9.69. The van der Waals surface area contributed by atoms with Crippen molar-refractivity contribution in [2.75, 3.05) is 60.5 Å². The van der Waals surface area contributed by atoms with Crippen molar-refractivity contribution < 1.29 is 19.1 Å². The molecule has 0 unspecified atom stereocenters. The zero-order chi connectivity index (χ0) is 56.7. The smallest absolute Gasteiger partial charge is 0.407 e. The van der Waals surface area contributed by atoms with Crippen molar-refractivity contribution in [3.63, 3.8) is 0 Å². The highest BCUT2D eigenvalue weighted by Crippen LogP contribution is 2.34. The molecule has 4 aromatic heterocycles. The Labute approximate surface area is 493 Å². The van der Waals surface area contributed by atoms with Gasteiger partial charge in [-0.25, -0.2) is 24.7 Å². The number of aromatic amines is 2. The number of piperidine rings is 2. The number of halogens is 3. The monoisotopic (exact) mass is 1170 g/mol. The average molecular weight is 1170 g/mol. The number of benzene rings is 4. The number of nitrogens with one attached hydrogen (secondary N) is 7.